The van der Waals surface area contributed by atoms with E-state index in [9.17, 15) is 13.2 Å². The van der Waals surface area contributed by atoms with Crippen LogP contribution < -0.4 is 4.72 Å². The van der Waals surface area contributed by atoms with E-state index in [0.717, 1.165) is 38.4 Å². The molecule has 2 atom stereocenters. The Morgan fingerprint density at radius 2 is 1.83 bits per heavy atom. The molecule has 1 unspecified atom stereocenters. The number of ether oxygens (including phenoxy) is 2. The lowest BCUT2D eigenvalue weighted by atomic mass is 9.83. The molecule has 0 aromatic heterocycles. The maximum absolute atomic E-state index is 12.2. The summed E-state index contributed by atoms with van der Waals surface area (Å²) in [6.07, 6.45) is 6.32. The van der Waals surface area contributed by atoms with Gasteiger partial charge < -0.3 is 14.4 Å². The number of nitrogens with zero attached hydrogens (tertiary/aromatic N) is 1. The number of amides is 1. The van der Waals surface area contributed by atoms with Crippen LogP contribution in [0.15, 0.2) is 30.3 Å². The lowest BCUT2D eigenvalue weighted by Crippen LogP contribution is -2.59. The van der Waals surface area contributed by atoms with Gasteiger partial charge in [0.05, 0.1) is 32.1 Å². The summed E-state index contributed by atoms with van der Waals surface area (Å²) in [6, 6.07) is 9.84. The number of benzene rings is 1. The van der Waals surface area contributed by atoms with Gasteiger partial charge in [-0.3, -0.25) is 0 Å². The molecule has 3 rings (SSSR count). The predicted molar refractivity (Wildman–Crippen MR) is 111 cm³/mol. The van der Waals surface area contributed by atoms with E-state index in [-0.39, 0.29) is 18.2 Å². The molecule has 1 saturated carbocycles. The molecule has 1 aliphatic carbocycles. The van der Waals surface area contributed by atoms with E-state index in [1.165, 1.54) is 12.7 Å². The number of sulfonamides is 1. The Bertz CT molecular complexity index is 763. The van der Waals surface area contributed by atoms with Crippen LogP contribution in [-0.2, 0) is 19.5 Å². The van der Waals surface area contributed by atoms with Crippen LogP contribution in [0.4, 0.5) is 4.79 Å². The van der Waals surface area contributed by atoms with E-state index in [2.05, 4.69) is 29.0 Å². The van der Waals surface area contributed by atoms with Crippen molar-refractivity contribution in [1.82, 2.24) is 9.62 Å². The molecule has 2 fully saturated rings. The Hall–Kier alpha value is -1.64. The fourth-order valence-corrected chi connectivity index (χ4v) is 5.37. The van der Waals surface area contributed by atoms with E-state index in [1.54, 1.807) is 4.90 Å². The highest BCUT2D eigenvalue weighted by molar-refractivity contribution is 7.88. The quantitative estimate of drug-likeness (QED) is 0.759. The number of hydrogen-bond acceptors (Lipinski definition) is 5. The molecule has 29 heavy (non-hydrogen) atoms. The van der Waals surface area contributed by atoms with Gasteiger partial charge in [0, 0.05) is 12.6 Å². The maximum Gasteiger partial charge on any atom is 0.409 e. The fraction of sp³-hybridized carbons (Fsp3) is 0.667. The van der Waals surface area contributed by atoms with E-state index in [1.807, 2.05) is 6.07 Å². The second-order valence-corrected chi connectivity index (χ2v) is 9.87. The summed E-state index contributed by atoms with van der Waals surface area (Å²) in [5.74, 6) is 0.567. The zero-order valence-corrected chi connectivity index (χ0v) is 18.1. The zero-order valence-electron chi connectivity index (χ0n) is 17.2. The Labute approximate surface area is 173 Å². The van der Waals surface area contributed by atoms with Gasteiger partial charge in [0.1, 0.15) is 0 Å². The predicted octanol–water partition coefficient (Wildman–Crippen LogP) is 2.88. The molecule has 0 radical (unpaired) electrons. The molecule has 1 heterocycles. The number of carbonyl (C=O) groups excluding carboxylic acids is 1. The van der Waals surface area contributed by atoms with Crippen LogP contribution in [0.3, 0.4) is 0 Å². The molecule has 0 spiro atoms. The van der Waals surface area contributed by atoms with Crippen LogP contribution >= 0.6 is 0 Å². The van der Waals surface area contributed by atoms with Crippen molar-refractivity contribution in [1.29, 1.82) is 0 Å². The first-order valence-electron chi connectivity index (χ1n) is 10.4. The molecule has 1 aliphatic heterocycles. The molecular weight excluding hydrogens is 392 g/mol. The zero-order chi connectivity index (χ0) is 20.9. The third-order valence-electron chi connectivity index (χ3n) is 6.00. The summed E-state index contributed by atoms with van der Waals surface area (Å²) in [7, 11) is -2.03. The summed E-state index contributed by atoms with van der Waals surface area (Å²) >= 11 is 0. The maximum atomic E-state index is 12.2. The van der Waals surface area contributed by atoms with E-state index in [4.69, 9.17) is 9.47 Å². The van der Waals surface area contributed by atoms with Crippen molar-refractivity contribution in [3.8, 4) is 0 Å². The number of nitrogens with one attached hydrogen (secondary N) is 1. The average molecular weight is 425 g/mol. The van der Waals surface area contributed by atoms with Crippen LogP contribution in [0.2, 0.25) is 0 Å². The average Bonchev–Trinajstić information content (AvgIpc) is 2.72. The highest BCUT2D eigenvalue weighted by Gasteiger charge is 2.37. The molecule has 1 aromatic carbocycles. The number of carbonyl (C=O) groups is 1. The SMILES string of the molecule is COC(=O)N1CCCC(NS(C)(=O)=O)[C@H]1COC1CCC(c2ccccc2)CC1. The van der Waals surface area contributed by atoms with E-state index >= 15 is 0 Å². The standard InChI is InChI=1S/C21H32N2O5S/c1-27-21(24)23-14-6-9-19(22-29(2,25)26)20(23)15-28-18-12-10-17(11-13-18)16-7-4-3-5-8-16/h3-5,7-8,17-20,22H,6,9-15H2,1-2H3/t17?,18?,19?,20-/m1/s1. The summed E-state index contributed by atoms with van der Waals surface area (Å²) in [6.45, 7) is 0.854. The van der Waals surface area contributed by atoms with Gasteiger partial charge in [-0.05, 0) is 50.0 Å². The highest BCUT2D eigenvalue weighted by atomic mass is 32.2. The first kappa shape index (κ1) is 22.1. The summed E-state index contributed by atoms with van der Waals surface area (Å²) in [4.78, 5) is 13.8. The van der Waals surface area contributed by atoms with Crippen molar-refractivity contribution in [2.75, 3.05) is 26.5 Å². The Morgan fingerprint density at radius 1 is 1.14 bits per heavy atom. The van der Waals surface area contributed by atoms with Gasteiger partial charge in [0.15, 0.2) is 0 Å². The number of hydrogen-bond donors (Lipinski definition) is 1. The molecule has 0 bridgehead atoms. The third-order valence-corrected chi connectivity index (χ3v) is 6.73. The molecule has 8 heteroatoms. The molecule has 1 saturated heterocycles. The van der Waals surface area contributed by atoms with Gasteiger partial charge in [-0.25, -0.2) is 17.9 Å². The summed E-state index contributed by atoms with van der Waals surface area (Å²) in [5.41, 5.74) is 1.38. The number of likely N-dealkylation sites (tertiary alicyclic amines) is 1. The van der Waals surface area contributed by atoms with Crippen molar-refractivity contribution in [2.45, 2.75) is 62.6 Å². The Balaban J connectivity index is 1.58. The largest absolute Gasteiger partial charge is 0.453 e. The normalized spacial score (nSPS) is 28.1. The minimum Gasteiger partial charge on any atom is -0.453 e. The number of rotatable bonds is 6. The molecule has 162 valence electrons. The van der Waals surface area contributed by atoms with Gasteiger partial charge in [0.2, 0.25) is 10.0 Å². The van der Waals surface area contributed by atoms with Gasteiger partial charge in [-0.15, -0.1) is 0 Å². The summed E-state index contributed by atoms with van der Waals surface area (Å²) in [5, 5.41) is 0. The van der Waals surface area contributed by atoms with Crippen molar-refractivity contribution in [2.24, 2.45) is 0 Å². The topological polar surface area (TPSA) is 84.9 Å². The lowest BCUT2D eigenvalue weighted by Gasteiger charge is -2.41. The van der Waals surface area contributed by atoms with E-state index in [0.29, 0.717) is 25.5 Å². The second kappa shape index (κ2) is 9.91. The van der Waals surface area contributed by atoms with Gasteiger partial charge >= 0.3 is 6.09 Å². The van der Waals surface area contributed by atoms with Crippen LogP contribution in [0.25, 0.3) is 0 Å². The monoisotopic (exact) mass is 424 g/mol. The Morgan fingerprint density at radius 3 is 2.45 bits per heavy atom. The summed E-state index contributed by atoms with van der Waals surface area (Å²) < 4.78 is 37.3. The molecule has 1 aromatic rings. The third kappa shape index (κ3) is 6.17. The fourth-order valence-electron chi connectivity index (χ4n) is 4.54. The Kier molecular flexibility index (Phi) is 7.54. The van der Waals surface area contributed by atoms with Crippen LogP contribution in [0, 0.1) is 0 Å². The molecular formula is C21H32N2O5S. The number of methoxy groups -OCH3 is 1. The smallest absolute Gasteiger partial charge is 0.409 e. The first-order chi connectivity index (χ1) is 13.9. The van der Waals surface area contributed by atoms with Gasteiger partial charge in [-0.2, -0.15) is 0 Å². The van der Waals surface area contributed by atoms with Crippen molar-refractivity contribution >= 4 is 16.1 Å². The highest BCUT2D eigenvalue weighted by Crippen LogP contribution is 2.34. The molecule has 7 nitrogen and oxygen atoms in total. The first-order valence-corrected chi connectivity index (χ1v) is 12.2. The minimum atomic E-state index is -3.38. The van der Waals surface area contributed by atoms with Crippen LogP contribution in [-0.4, -0.2) is 64.1 Å². The van der Waals surface area contributed by atoms with Crippen molar-refractivity contribution < 1.29 is 22.7 Å². The molecule has 2 aliphatic rings. The molecule has 1 N–H and O–H groups in total. The van der Waals surface area contributed by atoms with E-state index < -0.39 is 16.1 Å². The van der Waals surface area contributed by atoms with Crippen LogP contribution in [0.1, 0.15) is 50.0 Å². The van der Waals surface area contributed by atoms with Gasteiger partial charge in [-0.1, -0.05) is 30.3 Å². The van der Waals surface area contributed by atoms with Gasteiger partial charge in [0.25, 0.3) is 0 Å². The number of piperidine rings is 1. The van der Waals surface area contributed by atoms with Crippen LogP contribution in [0.5, 0.6) is 0 Å². The van der Waals surface area contributed by atoms with Crippen molar-refractivity contribution in [3.63, 3.8) is 0 Å². The minimum absolute atomic E-state index is 0.135. The van der Waals surface area contributed by atoms with Crippen molar-refractivity contribution in [3.05, 3.63) is 35.9 Å². The lowest BCUT2D eigenvalue weighted by molar-refractivity contribution is -0.0245. The second-order valence-electron chi connectivity index (χ2n) is 8.09. The molecule has 1 amide bonds.